The van der Waals surface area contributed by atoms with E-state index >= 15 is 0 Å². The number of carbonyl (C=O) groups is 2. The zero-order valence-corrected chi connectivity index (χ0v) is 8.84. The number of ketones is 2. The third-order valence-electron chi connectivity index (χ3n) is 2.46. The van der Waals surface area contributed by atoms with Crippen LogP contribution in [0.2, 0.25) is 0 Å². The van der Waals surface area contributed by atoms with Gasteiger partial charge in [-0.25, -0.2) is 0 Å². The molecule has 1 aromatic carbocycles. The summed E-state index contributed by atoms with van der Waals surface area (Å²) in [7, 11) is 0. The van der Waals surface area contributed by atoms with E-state index in [1.54, 1.807) is 24.3 Å². The number of hydrogen-bond acceptors (Lipinski definition) is 4. The molecule has 2 atom stereocenters. The highest BCUT2D eigenvalue weighted by Gasteiger charge is 2.31. The molecule has 1 N–H and O–H groups in total. The van der Waals surface area contributed by atoms with Crippen molar-refractivity contribution in [3.8, 4) is 0 Å². The molecule has 0 aromatic heterocycles. The normalized spacial score (nSPS) is 20.2. The lowest BCUT2D eigenvalue weighted by molar-refractivity contribution is 0.0779. The van der Waals surface area contributed by atoms with Crippen LogP contribution >= 0.6 is 0 Å². The Balaban J connectivity index is 2.15. The third kappa shape index (κ3) is 2.18. The smallest absolute Gasteiger partial charge is 0.193 e. The van der Waals surface area contributed by atoms with Crippen molar-refractivity contribution < 1.29 is 19.4 Å². The van der Waals surface area contributed by atoms with E-state index in [-0.39, 0.29) is 17.7 Å². The molecule has 0 aliphatic carbocycles. The van der Waals surface area contributed by atoms with Crippen molar-refractivity contribution in [2.75, 3.05) is 6.61 Å². The van der Waals surface area contributed by atoms with Gasteiger partial charge in [0.2, 0.25) is 0 Å². The molecule has 1 aliphatic heterocycles. The van der Waals surface area contributed by atoms with Gasteiger partial charge in [0.15, 0.2) is 11.6 Å². The molecule has 4 nitrogen and oxygen atoms in total. The predicted octanol–water partition coefficient (Wildman–Crippen LogP) is 0.832. The molecule has 0 radical (unpaired) electrons. The van der Waals surface area contributed by atoms with E-state index in [0.717, 1.165) is 0 Å². The SMILES string of the molecule is CC(O)C(=O)c1ccc(C(=O)C2CO2)cc1. The van der Waals surface area contributed by atoms with Gasteiger partial charge in [0.1, 0.15) is 12.2 Å². The molecule has 4 heteroatoms. The van der Waals surface area contributed by atoms with Crippen LogP contribution in [0.1, 0.15) is 27.6 Å². The van der Waals surface area contributed by atoms with Crippen LogP contribution in [-0.4, -0.2) is 35.5 Å². The maximum absolute atomic E-state index is 11.6. The van der Waals surface area contributed by atoms with Crippen LogP contribution in [0.25, 0.3) is 0 Å². The van der Waals surface area contributed by atoms with E-state index in [0.29, 0.717) is 17.7 Å². The van der Waals surface area contributed by atoms with Crippen molar-refractivity contribution in [2.24, 2.45) is 0 Å². The van der Waals surface area contributed by atoms with Gasteiger partial charge in [-0.3, -0.25) is 9.59 Å². The molecule has 0 saturated carbocycles. The number of Topliss-reactive ketones (excluding diaryl/α,β-unsaturated/α-hetero) is 2. The topological polar surface area (TPSA) is 66.9 Å². The van der Waals surface area contributed by atoms with Crippen LogP contribution in [0.5, 0.6) is 0 Å². The Hall–Kier alpha value is -1.52. The van der Waals surface area contributed by atoms with Crippen molar-refractivity contribution in [1.29, 1.82) is 0 Å². The van der Waals surface area contributed by atoms with Gasteiger partial charge in [-0.15, -0.1) is 0 Å². The van der Waals surface area contributed by atoms with E-state index in [1.165, 1.54) is 6.92 Å². The lowest BCUT2D eigenvalue weighted by Gasteiger charge is -2.04. The van der Waals surface area contributed by atoms with Gasteiger partial charge < -0.3 is 9.84 Å². The van der Waals surface area contributed by atoms with Crippen molar-refractivity contribution in [3.63, 3.8) is 0 Å². The summed E-state index contributed by atoms with van der Waals surface area (Å²) in [5.74, 6) is -0.405. The van der Waals surface area contributed by atoms with Gasteiger partial charge in [-0.1, -0.05) is 24.3 Å². The van der Waals surface area contributed by atoms with E-state index < -0.39 is 6.10 Å². The van der Waals surface area contributed by atoms with Crippen LogP contribution in [0, 0.1) is 0 Å². The maximum Gasteiger partial charge on any atom is 0.193 e. The molecule has 16 heavy (non-hydrogen) atoms. The van der Waals surface area contributed by atoms with Gasteiger partial charge in [0.05, 0.1) is 6.61 Å². The Labute approximate surface area is 92.8 Å². The van der Waals surface area contributed by atoms with Crippen molar-refractivity contribution in [2.45, 2.75) is 19.1 Å². The summed E-state index contributed by atoms with van der Waals surface area (Å²) in [6.45, 7) is 1.90. The second-order valence-corrected chi connectivity index (χ2v) is 3.80. The predicted molar refractivity (Wildman–Crippen MR) is 56.5 cm³/mol. The Bertz CT molecular complexity index is 382. The van der Waals surface area contributed by atoms with E-state index in [9.17, 15) is 9.59 Å². The fourth-order valence-electron chi connectivity index (χ4n) is 1.43. The van der Waals surface area contributed by atoms with Crippen LogP contribution < -0.4 is 0 Å². The van der Waals surface area contributed by atoms with Crippen LogP contribution in [0.4, 0.5) is 0 Å². The quantitative estimate of drug-likeness (QED) is 0.603. The molecule has 0 spiro atoms. The molecule has 2 unspecified atom stereocenters. The minimum atomic E-state index is -1.02. The molecule has 0 bridgehead atoms. The first-order valence-corrected chi connectivity index (χ1v) is 5.08. The zero-order chi connectivity index (χ0) is 11.7. The summed E-state index contributed by atoms with van der Waals surface area (Å²) >= 11 is 0. The van der Waals surface area contributed by atoms with E-state index in [1.807, 2.05) is 0 Å². The van der Waals surface area contributed by atoms with Crippen LogP contribution in [0.15, 0.2) is 24.3 Å². The average molecular weight is 220 g/mol. The molecule has 1 heterocycles. The Morgan fingerprint density at radius 3 is 2.25 bits per heavy atom. The Morgan fingerprint density at radius 1 is 1.31 bits per heavy atom. The highest BCUT2D eigenvalue weighted by Crippen LogP contribution is 2.17. The number of aliphatic hydroxyl groups excluding tert-OH is 1. The zero-order valence-electron chi connectivity index (χ0n) is 8.84. The standard InChI is InChI=1S/C12H12O4/c1-7(13)11(14)8-2-4-9(5-3-8)12(15)10-6-16-10/h2-5,7,10,13H,6H2,1H3. The van der Waals surface area contributed by atoms with Gasteiger partial charge >= 0.3 is 0 Å². The number of carbonyl (C=O) groups excluding carboxylic acids is 2. The summed E-state index contributed by atoms with van der Waals surface area (Å²) in [6, 6.07) is 6.26. The summed E-state index contributed by atoms with van der Waals surface area (Å²) in [4.78, 5) is 23.0. The molecule has 0 amide bonds. The summed E-state index contributed by atoms with van der Waals surface area (Å²) in [5, 5.41) is 9.11. The highest BCUT2D eigenvalue weighted by atomic mass is 16.6. The first-order valence-electron chi connectivity index (χ1n) is 5.08. The first kappa shape index (κ1) is 11.0. The highest BCUT2D eigenvalue weighted by molar-refractivity contribution is 6.03. The van der Waals surface area contributed by atoms with Gasteiger partial charge in [-0.05, 0) is 6.92 Å². The van der Waals surface area contributed by atoms with Crippen LogP contribution in [-0.2, 0) is 4.74 Å². The molecule has 1 fully saturated rings. The number of rotatable bonds is 4. The molecular formula is C12H12O4. The van der Waals surface area contributed by atoms with Crippen molar-refractivity contribution in [1.82, 2.24) is 0 Å². The minimum Gasteiger partial charge on any atom is -0.385 e. The van der Waals surface area contributed by atoms with Crippen molar-refractivity contribution in [3.05, 3.63) is 35.4 Å². The van der Waals surface area contributed by atoms with E-state index in [2.05, 4.69) is 0 Å². The fourth-order valence-corrected chi connectivity index (χ4v) is 1.43. The van der Waals surface area contributed by atoms with Crippen LogP contribution in [0.3, 0.4) is 0 Å². The summed E-state index contributed by atoms with van der Waals surface area (Å²) in [6.07, 6.45) is -1.33. The van der Waals surface area contributed by atoms with Gasteiger partial charge in [0, 0.05) is 11.1 Å². The number of aliphatic hydroxyl groups is 1. The van der Waals surface area contributed by atoms with Gasteiger partial charge in [0.25, 0.3) is 0 Å². The monoisotopic (exact) mass is 220 g/mol. The molecular weight excluding hydrogens is 208 g/mol. The third-order valence-corrected chi connectivity index (χ3v) is 2.46. The largest absolute Gasteiger partial charge is 0.385 e. The van der Waals surface area contributed by atoms with Gasteiger partial charge in [-0.2, -0.15) is 0 Å². The van der Waals surface area contributed by atoms with E-state index in [4.69, 9.17) is 9.84 Å². The lowest BCUT2D eigenvalue weighted by Crippen LogP contribution is -2.16. The average Bonchev–Trinajstić information content (AvgIpc) is 3.11. The second-order valence-electron chi connectivity index (χ2n) is 3.80. The second kappa shape index (κ2) is 4.15. The van der Waals surface area contributed by atoms with Crippen molar-refractivity contribution >= 4 is 11.6 Å². The number of hydrogen-bond donors (Lipinski definition) is 1. The Kier molecular flexibility index (Phi) is 2.85. The number of ether oxygens (including phenoxy) is 1. The maximum atomic E-state index is 11.6. The lowest BCUT2D eigenvalue weighted by atomic mass is 10.0. The fraction of sp³-hybridized carbons (Fsp3) is 0.333. The minimum absolute atomic E-state index is 0.0592. The summed E-state index contributed by atoms with van der Waals surface area (Å²) < 4.78 is 4.88. The first-order chi connectivity index (χ1) is 7.59. The summed E-state index contributed by atoms with van der Waals surface area (Å²) in [5.41, 5.74) is 0.938. The Morgan fingerprint density at radius 2 is 1.81 bits per heavy atom. The number of benzene rings is 1. The molecule has 2 rings (SSSR count). The molecule has 1 aliphatic rings. The number of epoxide rings is 1. The molecule has 1 saturated heterocycles. The molecule has 1 aromatic rings. The molecule has 84 valence electrons.